The quantitative estimate of drug-likeness (QED) is 0.822. The average Bonchev–Trinajstić information content (AvgIpc) is 2.49. The van der Waals surface area contributed by atoms with Crippen LogP contribution in [0.25, 0.3) is 0 Å². The standard InChI is InChI=1S/C15H14N2O4S/c18-12-10-17(14(20)21)7-4-8-22-15(12,17)16-13(19)9-11-5-2-1-3-6-11/h1-7H,8-10H2,(H-,16,19,20,21)/p+1. The first kappa shape index (κ1) is 14.8. The van der Waals surface area contributed by atoms with Gasteiger partial charge in [0.05, 0.1) is 6.42 Å². The average molecular weight is 319 g/mol. The van der Waals surface area contributed by atoms with E-state index in [1.807, 2.05) is 30.3 Å². The van der Waals surface area contributed by atoms with Crippen LogP contribution >= 0.6 is 11.8 Å². The highest BCUT2D eigenvalue weighted by molar-refractivity contribution is 8.01. The predicted molar refractivity (Wildman–Crippen MR) is 80.8 cm³/mol. The van der Waals surface area contributed by atoms with E-state index >= 15 is 0 Å². The molecule has 2 aliphatic heterocycles. The van der Waals surface area contributed by atoms with E-state index in [9.17, 15) is 19.5 Å². The molecule has 114 valence electrons. The fourth-order valence-electron chi connectivity index (χ4n) is 2.81. The number of benzene rings is 1. The summed E-state index contributed by atoms with van der Waals surface area (Å²) in [7, 11) is 0. The van der Waals surface area contributed by atoms with Gasteiger partial charge in [-0.05, 0) is 11.6 Å². The smallest absolute Gasteiger partial charge is 0.435 e. The summed E-state index contributed by atoms with van der Waals surface area (Å²) in [5.74, 6) is -0.124. The molecule has 0 aromatic heterocycles. The minimum atomic E-state index is -1.42. The van der Waals surface area contributed by atoms with E-state index in [4.69, 9.17) is 0 Å². The number of carboxylic acid groups (broad SMARTS) is 1. The van der Waals surface area contributed by atoms with Crippen molar-refractivity contribution in [3.63, 3.8) is 0 Å². The van der Waals surface area contributed by atoms with Crippen LogP contribution in [-0.4, -0.2) is 44.7 Å². The molecule has 2 heterocycles. The van der Waals surface area contributed by atoms with Crippen molar-refractivity contribution in [3.8, 4) is 0 Å². The molecule has 0 radical (unpaired) electrons. The zero-order chi connectivity index (χ0) is 15.8. The number of Topliss-reactive ketones (excluding diaryl/α,β-unsaturated/α-hetero) is 1. The molecule has 1 saturated heterocycles. The number of thioether (sulfide) groups is 1. The number of hydrogen-bond acceptors (Lipinski definition) is 4. The van der Waals surface area contributed by atoms with Crippen molar-refractivity contribution in [1.29, 1.82) is 0 Å². The Balaban J connectivity index is 1.83. The number of hydrogen-bond donors (Lipinski definition) is 2. The molecule has 0 saturated carbocycles. The number of quaternary nitrogens is 1. The largest absolute Gasteiger partial charge is 0.521 e. The number of nitrogens with one attached hydrogen (secondary N) is 1. The van der Waals surface area contributed by atoms with Crippen molar-refractivity contribution in [2.45, 2.75) is 11.4 Å². The molecule has 2 N–H and O–H groups in total. The van der Waals surface area contributed by atoms with Gasteiger partial charge in [0.2, 0.25) is 5.91 Å². The second-order valence-electron chi connectivity index (χ2n) is 5.28. The number of ketones is 1. The Morgan fingerprint density at radius 3 is 2.68 bits per heavy atom. The number of amides is 2. The maximum absolute atomic E-state index is 12.3. The van der Waals surface area contributed by atoms with Crippen molar-refractivity contribution in [2.24, 2.45) is 0 Å². The fraction of sp³-hybridized carbons (Fsp3) is 0.267. The normalized spacial score (nSPS) is 29.4. The molecule has 0 spiro atoms. The summed E-state index contributed by atoms with van der Waals surface area (Å²) >= 11 is 1.16. The Hall–Kier alpha value is -2.12. The summed E-state index contributed by atoms with van der Waals surface area (Å²) in [6.45, 7) is -0.134. The van der Waals surface area contributed by atoms with Gasteiger partial charge in [0.25, 0.3) is 5.78 Å². The molecule has 2 unspecified atom stereocenters. The van der Waals surface area contributed by atoms with Crippen LogP contribution in [0.5, 0.6) is 0 Å². The van der Waals surface area contributed by atoms with E-state index in [2.05, 4.69) is 5.32 Å². The first-order valence-corrected chi connectivity index (χ1v) is 7.80. The molecule has 22 heavy (non-hydrogen) atoms. The Bertz CT molecular complexity index is 675. The summed E-state index contributed by atoms with van der Waals surface area (Å²) in [5, 5.41) is 12.2. The van der Waals surface area contributed by atoms with Gasteiger partial charge in [-0.3, -0.25) is 14.9 Å². The third-order valence-electron chi connectivity index (χ3n) is 3.94. The first-order valence-electron chi connectivity index (χ1n) is 6.81. The highest BCUT2D eigenvalue weighted by Gasteiger charge is 2.73. The van der Waals surface area contributed by atoms with Gasteiger partial charge < -0.3 is 5.11 Å². The van der Waals surface area contributed by atoms with E-state index in [0.29, 0.717) is 5.75 Å². The number of rotatable bonds is 3. The van der Waals surface area contributed by atoms with Crippen molar-refractivity contribution >= 4 is 29.5 Å². The molecular formula is C15H15N2O4S+. The van der Waals surface area contributed by atoms with Crippen LogP contribution in [0.3, 0.4) is 0 Å². The Morgan fingerprint density at radius 1 is 1.32 bits per heavy atom. The monoisotopic (exact) mass is 319 g/mol. The van der Waals surface area contributed by atoms with Gasteiger partial charge in [0, 0.05) is 5.75 Å². The summed E-state index contributed by atoms with van der Waals surface area (Å²) in [4.78, 5) is 34.6. The topological polar surface area (TPSA) is 83.5 Å². The zero-order valence-electron chi connectivity index (χ0n) is 11.7. The Kier molecular flexibility index (Phi) is 3.54. The second-order valence-corrected chi connectivity index (χ2v) is 6.50. The molecule has 1 aromatic carbocycles. The lowest BCUT2D eigenvalue weighted by atomic mass is 10.0. The number of carbonyl (C=O) groups excluding carboxylic acids is 2. The maximum Gasteiger partial charge on any atom is 0.521 e. The number of nitrogens with zero attached hydrogens (tertiary/aromatic N) is 1. The molecule has 1 aromatic rings. The fourth-order valence-corrected chi connectivity index (χ4v) is 4.08. The molecule has 6 nitrogen and oxygen atoms in total. The third kappa shape index (κ3) is 2.05. The van der Waals surface area contributed by atoms with E-state index in [1.165, 1.54) is 6.20 Å². The molecule has 2 amide bonds. The minimum Gasteiger partial charge on any atom is -0.435 e. The Labute approximate surface area is 131 Å². The van der Waals surface area contributed by atoms with Crippen molar-refractivity contribution in [2.75, 3.05) is 12.3 Å². The van der Waals surface area contributed by atoms with Crippen LogP contribution in [0, 0.1) is 0 Å². The molecule has 2 aliphatic rings. The third-order valence-corrected chi connectivity index (χ3v) is 5.37. The molecule has 0 aliphatic carbocycles. The van der Waals surface area contributed by atoms with Gasteiger partial charge in [-0.25, -0.2) is 0 Å². The summed E-state index contributed by atoms with van der Waals surface area (Å²) < 4.78 is -0.559. The van der Waals surface area contributed by atoms with Crippen molar-refractivity contribution < 1.29 is 24.0 Å². The maximum atomic E-state index is 12.3. The summed E-state index contributed by atoms with van der Waals surface area (Å²) in [5.41, 5.74) is 0.813. The molecular weight excluding hydrogens is 304 g/mol. The van der Waals surface area contributed by atoms with E-state index in [0.717, 1.165) is 17.3 Å². The van der Waals surface area contributed by atoms with Crippen LogP contribution in [0.4, 0.5) is 4.79 Å². The number of fused-ring (bicyclic) bond motifs is 1. The predicted octanol–water partition coefficient (Wildman–Crippen LogP) is 1.34. The molecule has 2 atom stereocenters. The van der Waals surface area contributed by atoms with Crippen molar-refractivity contribution in [1.82, 2.24) is 5.32 Å². The van der Waals surface area contributed by atoms with Gasteiger partial charge in [-0.15, -0.1) is 0 Å². The summed E-state index contributed by atoms with van der Waals surface area (Å²) in [6.07, 6.45) is 2.18. The van der Waals surface area contributed by atoms with Crippen LogP contribution < -0.4 is 5.32 Å². The van der Waals surface area contributed by atoms with Gasteiger partial charge in [-0.2, -0.15) is 9.28 Å². The second kappa shape index (κ2) is 5.26. The van der Waals surface area contributed by atoms with Gasteiger partial charge in [0.15, 0.2) is 6.54 Å². The van der Waals surface area contributed by atoms with Crippen LogP contribution in [0.15, 0.2) is 42.6 Å². The Morgan fingerprint density at radius 2 is 2.05 bits per heavy atom. The van der Waals surface area contributed by atoms with Crippen LogP contribution in [0.1, 0.15) is 5.56 Å². The lowest BCUT2D eigenvalue weighted by molar-refractivity contribution is -0.856. The lowest BCUT2D eigenvalue weighted by Crippen LogP contribution is -2.84. The van der Waals surface area contributed by atoms with E-state index in [1.54, 1.807) is 6.08 Å². The van der Waals surface area contributed by atoms with Gasteiger partial charge in [0.1, 0.15) is 6.20 Å². The molecule has 0 bridgehead atoms. The van der Waals surface area contributed by atoms with E-state index < -0.39 is 15.6 Å². The zero-order valence-corrected chi connectivity index (χ0v) is 12.5. The van der Waals surface area contributed by atoms with Crippen molar-refractivity contribution in [3.05, 3.63) is 48.2 Å². The number of carbonyl (C=O) groups is 3. The highest BCUT2D eigenvalue weighted by Crippen LogP contribution is 2.46. The molecule has 7 heteroatoms. The SMILES string of the molecule is O=C(Cc1ccccc1)NC12SCC=C[N+]1(C(=O)O)CC2=O. The molecule has 3 rings (SSSR count). The highest BCUT2D eigenvalue weighted by atomic mass is 32.2. The summed E-state index contributed by atoms with van der Waals surface area (Å²) in [6, 6.07) is 9.12. The van der Waals surface area contributed by atoms with Gasteiger partial charge >= 0.3 is 11.1 Å². The van der Waals surface area contributed by atoms with Crippen LogP contribution in [-0.2, 0) is 16.0 Å². The molecule has 1 fully saturated rings. The first-order chi connectivity index (χ1) is 10.5. The van der Waals surface area contributed by atoms with Crippen LogP contribution in [0.2, 0.25) is 0 Å². The minimum absolute atomic E-state index is 0.111. The van der Waals surface area contributed by atoms with Gasteiger partial charge in [-0.1, -0.05) is 42.1 Å². The lowest BCUT2D eigenvalue weighted by Gasteiger charge is -2.52. The van der Waals surface area contributed by atoms with E-state index in [-0.39, 0.29) is 24.7 Å².